The lowest BCUT2D eigenvalue weighted by molar-refractivity contribution is -0.134. The average molecular weight is 375 g/mol. The number of nitrogens with one attached hydrogen (secondary N) is 1. The first-order valence-corrected chi connectivity index (χ1v) is 10.3. The highest BCUT2D eigenvalue weighted by Gasteiger charge is 2.26. The summed E-state index contributed by atoms with van der Waals surface area (Å²) in [4.78, 5) is 28.3. The molecule has 1 amide bonds. The van der Waals surface area contributed by atoms with E-state index in [9.17, 15) is 4.79 Å². The van der Waals surface area contributed by atoms with Crippen LogP contribution < -0.4 is 10.2 Å². The van der Waals surface area contributed by atoms with Gasteiger partial charge in [0.2, 0.25) is 11.9 Å². The van der Waals surface area contributed by atoms with Crippen LogP contribution in [-0.4, -0.2) is 78.5 Å². The van der Waals surface area contributed by atoms with Gasteiger partial charge in [0.15, 0.2) is 0 Å². The van der Waals surface area contributed by atoms with E-state index in [1.165, 1.54) is 0 Å². The predicted octanol–water partition coefficient (Wildman–Crippen LogP) is 1.93. The van der Waals surface area contributed by atoms with Gasteiger partial charge in [-0.15, -0.1) is 0 Å². The Morgan fingerprint density at radius 3 is 2.52 bits per heavy atom. The van der Waals surface area contributed by atoms with Gasteiger partial charge in [-0.3, -0.25) is 9.69 Å². The van der Waals surface area contributed by atoms with Crippen molar-refractivity contribution in [3.05, 3.63) is 12.3 Å². The highest BCUT2D eigenvalue weighted by Crippen LogP contribution is 2.25. The second-order valence-corrected chi connectivity index (χ2v) is 8.20. The molecule has 150 valence electrons. The zero-order chi connectivity index (χ0) is 19.2. The molecule has 1 aromatic rings. The molecule has 3 heterocycles. The van der Waals surface area contributed by atoms with Crippen molar-refractivity contribution < 1.29 is 4.79 Å². The number of nitrogens with zero attached hydrogens (tertiary/aromatic N) is 5. The molecule has 2 aliphatic heterocycles. The average Bonchev–Trinajstić information content (AvgIpc) is 2.68. The van der Waals surface area contributed by atoms with Gasteiger partial charge in [0.25, 0.3) is 0 Å². The Labute approximate surface area is 163 Å². The number of anilines is 2. The van der Waals surface area contributed by atoms with Crippen LogP contribution in [0.15, 0.2) is 12.3 Å². The molecule has 0 saturated carbocycles. The van der Waals surface area contributed by atoms with Gasteiger partial charge in [-0.1, -0.05) is 13.8 Å². The summed E-state index contributed by atoms with van der Waals surface area (Å²) in [6.45, 7) is 11.4. The standard InChI is InChI=1S/C20H34N6O/c1-16(2)15-24-10-12-26(13-11-24)19(27)14-17-5-8-25(9-6-17)18-4-7-22-20(21-3)23-18/h4,7,16-17H,5-6,8-15H2,1-3H3,(H,21,22,23). The Bertz CT molecular complexity index is 606. The van der Waals surface area contributed by atoms with Crippen molar-refractivity contribution in [2.24, 2.45) is 11.8 Å². The number of carbonyl (C=O) groups excluding carboxylic acids is 1. The minimum atomic E-state index is 0.345. The number of rotatable bonds is 6. The third-order valence-corrected chi connectivity index (χ3v) is 5.61. The van der Waals surface area contributed by atoms with Crippen molar-refractivity contribution in [3.63, 3.8) is 0 Å². The quantitative estimate of drug-likeness (QED) is 0.821. The Balaban J connectivity index is 1.42. The van der Waals surface area contributed by atoms with E-state index in [0.717, 1.165) is 64.5 Å². The van der Waals surface area contributed by atoms with E-state index in [1.807, 2.05) is 13.1 Å². The molecule has 2 fully saturated rings. The molecule has 27 heavy (non-hydrogen) atoms. The molecule has 7 heteroatoms. The van der Waals surface area contributed by atoms with E-state index in [0.29, 0.717) is 30.1 Å². The Morgan fingerprint density at radius 1 is 1.19 bits per heavy atom. The topological polar surface area (TPSA) is 64.6 Å². The molecule has 0 aliphatic carbocycles. The highest BCUT2D eigenvalue weighted by atomic mass is 16.2. The largest absolute Gasteiger partial charge is 0.357 e. The Kier molecular flexibility index (Phi) is 6.88. The number of carbonyl (C=O) groups is 1. The van der Waals surface area contributed by atoms with Crippen LogP contribution in [0.2, 0.25) is 0 Å². The summed E-state index contributed by atoms with van der Waals surface area (Å²) in [5, 5.41) is 2.99. The molecule has 2 aliphatic rings. The third-order valence-electron chi connectivity index (χ3n) is 5.61. The van der Waals surface area contributed by atoms with Crippen molar-refractivity contribution in [1.29, 1.82) is 0 Å². The summed E-state index contributed by atoms with van der Waals surface area (Å²) in [6, 6.07) is 1.96. The van der Waals surface area contributed by atoms with Crippen molar-refractivity contribution in [1.82, 2.24) is 19.8 Å². The summed E-state index contributed by atoms with van der Waals surface area (Å²) in [7, 11) is 1.83. The fourth-order valence-corrected chi connectivity index (χ4v) is 4.08. The van der Waals surface area contributed by atoms with Gasteiger partial charge in [0, 0.05) is 65.5 Å². The third kappa shape index (κ3) is 5.54. The number of hydrogen-bond acceptors (Lipinski definition) is 6. The minimum absolute atomic E-state index is 0.345. The maximum Gasteiger partial charge on any atom is 0.224 e. The maximum atomic E-state index is 12.7. The zero-order valence-corrected chi connectivity index (χ0v) is 17.0. The number of aromatic nitrogens is 2. The van der Waals surface area contributed by atoms with Crippen molar-refractivity contribution in [2.75, 3.05) is 63.1 Å². The molecule has 3 rings (SSSR count). The molecule has 1 aromatic heterocycles. The molecule has 0 atom stereocenters. The fraction of sp³-hybridized carbons (Fsp3) is 0.750. The van der Waals surface area contributed by atoms with Gasteiger partial charge in [0.05, 0.1) is 0 Å². The smallest absolute Gasteiger partial charge is 0.224 e. The SMILES string of the molecule is CNc1nccc(N2CCC(CC(=O)N3CCN(CC(C)C)CC3)CC2)n1. The molecule has 0 radical (unpaired) electrons. The normalized spacial score (nSPS) is 19.6. The highest BCUT2D eigenvalue weighted by molar-refractivity contribution is 5.76. The second kappa shape index (κ2) is 9.35. The van der Waals surface area contributed by atoms with E-state index >= 15 is 0 Å². The van der Waals surface area contributed by atoms with Crippen molar-refractivity contribution in [2.45, 2.75) is 33.1 Å². The molecule has 1 N–H and O–H groups in total. The first-order valence-electron chi connectivity index (χ1n) is 10.3. The lowest BCUT2D eigenvalue weighted by atomic mass is 9.93. The Morgan fingerprint density at radius 2 is 1.89 bits per heavy atom. The number of amides is 1. The predicted molar refractivity (Wildman–Crippen MR) is 109 cm³/mol. The van der Waals surface area contributed by atoms with E-state index in [2.05, 4.69) is 43.8 Å². The van der Waals surface area contributed by atoms with Crippen LogP contribution in [0, 0.1) is 11.8 Å². The second-order valence-electron chi connectivity index (χ2n) is 8.20. The van der Waals surface area contributed by atoms with Crippen molar-refractivity contribution >= 4 is 17.7 Å². The van der Waals surface area contributed by atoms with Crippen LogP contribution >= 0.6 is 0 Å². The summed E-state index contributed by atoms with van der Waals surface area (Å²) >= 11 is 0. The summed E-state index contributed by atoms with van der Waals surface area (Å²) in [5.74, 6) is 3.16. The van der Waals surface area contributed by atoms with E-state index in [4.69, 9.17) is 0 Å². The van der Waals surface area contributed by atoms with Gasteiger partial charge in [-0.05, 0) is 30.7 Å². The van der Waals surface area contributed by atoms with Crippen LogP contribution in [0.1, 0.15) is 33.1 Å². The van der Waals surface area contributed by atoms with Crippen LogP contribution in [0.5, 0.6) is 0 Å². The molecular weight excluding hydrogens is 340 g/mol. The molecule has 0 aromatic carbocycles. The van der Waals surface area contributed by atoms with Crippen LogP contribution in [0.4, 0.5) is 11.8 Å². The lowest BCUT2D eigenvalue weighted by Crippen LogP contribution is -2.50. The van der Waals surface area contributed by atoms with Crippen LogP contribution in [0.3, 0.4) is 0 Å². The first kappa shape index (κ1) is 19.9. The van der Waals surface area contributed by atoms with Gasteiger partial charge in [0.1, 0.15) is 5.82 Å². The van der Waals surface area contributed by atoms with E-state index in [1.54, 1.807) is 6.20 Å². The van der Waals surface area contributed by atoms with Gasteiger partial charge >= 0.3 is 0 Å². The first-order chi connectivity index (χ1) is 13.0. The van der Waals surface area contributed by atoms with E-state index < -0.39 is 0 Å². The number of piperidine rings is 1. The summed E-state index contributed by atoms with van der Waals surface area (Å²) in [5.41, 5.74) is 0. The summed E-state index contributed by atoms with van der Waals surface area (Å²) < 4.78 is 0. The molecule has 0 unspecified atom stereocenters. The monoisotopic (exact) mass is 374 g/mol. The van der Waals surface area contributed by atoms with Crippen molar-refractivity contribution in [3.8, 4) is 0 Å². The van der Waals surface area contributed by atoms with Crippen LogP contribution in [0.25, 0.3) is 0 Å². The molecular formula is C20H34N6O. The van der Waals surface area contributed by atoms with Crippen LogP contribution in [-0.2, 0) is 4.79 Å². The lowest BCUT2D eigenvalue weighted by Gasteiger charge is -2.37. The van der Waals surface area contributed by atoms with Gasteiger partial charge in [-0.25, -0.2) is 4.98 Å². The number of hydrogen-bond donors (Lipinski definition) is 1. The molecule has 7 nitrogen and oxygen atoms in total. The number of piperazine rings is 1. The molecule has 2 saturated heterocycles. The molecule has 0 spiro atoms. The van der Waals surface area contributed by atoms with Gasteiger partial charge in [-0.2, -0.15) is 4.98 Å². The Hall–Kier alpha value is -1.89. The molecule has 0 bridgehead atoms. The fourth-order valence-electron chi connectivity index (χ4n) is 4.08. The zero-order valence-electron chi connectivity index (χ0n) is 17.0. The van der Waals surface area contributed by atoms with E-state index in [-0.39, 0.29) is 0 Å². The van der Waals surface area contributed by atoms with Gasteiger partial charge < -0.3 is 15.1 Å². The minimum Gasteiger partial charge on any atom is -0.357 e. The maximum absolute atomic E-state index is 12.7. The summed E-state index contributed by atoms with van der Waals surface area (Å²) in [6.07, 6.45) is 4.60.